The Morgan fingerprint density at radius 1 is 1.21 bits per heavy atom. The fourth-order valence-corrected chi connectivity index (χ4v) is 3.08. The summed E-state index contributed by atoms with van der Waals surface area (Å²) in [4.78, 5) is 12.5. The minimum absolute atomic E-state index is 0.0217. The van der Waals surface area contributed by atoms with Crippen LogP contribution in [0.5, 0.6) is 5.75 Å². The first-order chi connectivity index (χ1) is 13.5. The molecular weight excluding hydrogens is 372 g/mol. The fourth-order valence-electron chi connectivity index (χ4n) is 2.93. The molecule has 2 aromatic carbocycles. The van der Waals surface area contributed by atoms with Crippen LogP contribution >= 0.6 is 11.6 Å². The number of allylic oxidation sites excluding steroid dienone is 1. The molecule has 1 heterocycles. The average molecular weight is 395 g/mol. The third-order valence-corrected chi connectivity index (χ3v) is 4.72. The Labute approximate surface area is 170 Å². The molecule has 0 radical (unpaired) electrons. The maximum atomic E-state index is 12.5. The lowest BCUT2D eigenvalue weighted by molar-refractivity contribution is 0.104. The second-order valence-electron chi connectivity index (χ2n) is 6.90. The monoisotopic (exact) mass is 394 g/mol. The maximum Gasteiger partial charge on any atom is 0.185 e. The molecule has 5 heteroatoms. The van der Waals surface area contributed by atoms with Gasteiger partial charge >= 0.3 is 0 Å². The van der Waals surface area contributed by atoms with E-state index in [2.05, 4.69) is 18.9 Å². The van der Waals surface area contributed by atoms with Gasteiger partial charge in [0.05, 0.1) is 24.9 Å². The molecule has 144 valence electrons. The van der Waals surface area contributed by atoms with E-state index in [4.69, 9.17) is 16.3 Å². The van der Waals surface area contributed by atoms with Gasteiger partial charge in [-0.1, -0.05) is 61.9 Å². The Morgan fingerprint density at radius 2 is 1.96 bits per heavy atom. The van der Waals surface area contributed by atoms with E-state index < -0.39 is 0 Å². The number of benzene rings is 2. The van der Waals surface area contributed by atoms with Gasteiger partial charge in [-0.05, 0) is 35.3 Å². The van der Waals surface area contributed by atoms with Crippen molar-refractivity contribution in [3.8, 4) is 5.75 Å². The van der Waals surface area contributed by atoms with E-state index in [1.807, 2.05) is 48.5 Å². The molecule has 0 aliphatic heterocycles. The lowest BCUT2D eigenvalue weighted by atomic mass is 10.00. The van der Waals surface area contributed by atoms with Crippen molar-refractivity contribution in [2.75, 3.05) is 7.11 Å². The Morgan fingerprint density at radius 3 is 2.57 bits per heavy atom. The molecule has 28 heavy (non-hydrogen) atoms. The van der Waals surface area contributed by atoms with Crippen LogP contribution in [0.4, 0.5) is 0 Å². The van der Waals surface area contributed by atoms with Gasteiger partial charge in [0.1, 0.15) is 5.75 Å². The number of carbonyl (C=O) groups excluding carboxylic acids is 1. The van der Waals surface area contributed by atoms with Crippen molar-refractivity contribution in [3.05, 3.63) is 88.2 Å². The summed E-state index contributed by atoms with van der Waals surface area (Å²) in [6.45, 7) is 4.80. The van der Waals surface area contributed by atoms with Gasteiger partial charge in [0, 0.05) is 17.3 Å². The number of nitrogens with zero attached hydrogens (tertiary/aromatic N) is 2. The minimum atomic E-state index is -0.0217. The van der Waals surface area contributed by atoms with Gasteiger partial charge in [0.25, 0.3) is 0 Å². The summed E-state index contributed by atoms with van der Waals surface area (Å²) < 4.78 is 7.18. The molecule has 0 fully saturated rings. The van der Waals surface area contributed by atoms with Gasteiger partial charge in [-0.15, -0.1) is 0 Å². The molecule has 0 aliphatic carbocycles. The lowest BCUT2D eigenvalue weighted by Gasteiger charge is -2.10. The van der Waals surface area contributed by atoms with Crippen molar-refractivity contribution in [1.29, 1.82) is 0 Å². The minimum Gasteiger partial charge on any atom is -0.496 e. The Hall–Kier alpha value is -2.85. The molecule has 3 rings (SSSR count). The number of hydrogen-bond acceptors (Lipinski definition) is 3. The van der Waals surface area contributed by atoms with Crippen molar-refractivity contribution in [1.82, 2.24) is 9.78 Å². The molecule has 0 spiro atoms. The van der Waals surface area contributed by atoms with Crippen LogP contribution in [0.15, 0.2) is 60.9 Å². The predicted octanol–water partition coefficient (Wildman–Crippen LogP) is 5.61. The zero-order valence-electron chi connectivity index (χ0n) is 16.2. The van der Waals surface area contributed by atoms with Crippen molar-refractivity contribution >= 4 is 23.5 Å². The number of carbonyl (C=O) groups is 1. The predicted molar refractivity (Wildman–Crippen MR) is 113 cm³/mol. The summed E-state index contributed by atoms with van der Waals surface area (Å²) in [5.41, 5.74) is 3.78. The topological polar surface area (TPSA) is 44.1 Å². The highest BCUT2D eigenvalue weighted by atomic mass is 35.5. The molecule has 0 N–H and O–H groups in total. The van der Waals surface area contributed by atoms with Gasteiger partial charge < -0.3 is 4.74 Å². The van der Waals surface area contributed by atoms with Gasteiger partial charge in [0.15, 0.2) is 5.78 Å². The molecule has 0 amide bonds. The molecule has 0 atom stereocenters. The van der Waals surface area contributed by atoms with Crippen LogP contribution in [0.25, 0.3) is 6.08 Å². The zero-order valence-corrected chi connectivity index (χ0v) is 17.0. The number of ether oxygens (including phenoxy) is 1. The summed E-state index contributed by atoms with van der Waals surface area (Å²) in [6, 6.07) is 13.6. The van der Waals surface area contributed by atoms with Crippen LogP contribution in [0, 0.1) is 0 Å². The highest BCUT2D eigenvalue weighted by Crippen LogP contribution is 2.22. The van der Waals surface area contributed by atoms with Crippen LogP contribution < -0.4 is 4.74 Å². The molecule has 1 aromatic heterocycles. The standard InChI is InChI=1S/C23H23ClN2O2/c1-16(2)18-6-8-19(9-7-18)22(27)10-4-17-5-11-23(28-3)20(12-17)14-26-15-21(24)13-25-26/h4-13,15-16H,14H2,1-3H3/b10-4+. The lowest BCUT2D eigenvalue weighted by Crippen LogP contribution is -2.02. The highest BCUT2D eigenvalue weighted by molar-refractivity contribution is 6.30. The summed E-state index contributed by atoms with van der Waals surface area (Å²) in [5, 5.41) is 4.79. The Kier molecular flexibility index (Phi) is 6.32. The van der Waals surface area contributed by atoms with Crippen LogP contribution in [0.3, 0.4) is 0 Å². The number of ketones is 1. The maximum absolute atomic E-state index is 12.5. The smallest absolute Gasteiger partial charge is 0.185 e. The van der Waals surface area contributed by atoms with Crippen LogP contribution in [0.2, 0.25) is 5.02 Å². The van der Waals surface area contributed by atoms with Crippen molar-refractivity contribution in [2.45, 2.75) is 26.3 Å². The van der Waals surface area contributed by atoms with Gasteiger partial charge in [-0.25, -0.2) is 0 Å². The summed E-state index contributed by atoms with van der Waals surface area (Å²) in [5.74, 6) is 1.19. The highest BCUT2D eigenvalue weighted by Gasteiger charge is 2.07. The second kappa shape index (κ2) is 8.89. The first kappa shape index (κ1) is 19.9. The van der Waals surface area contributed by atoms with Crippen LogP contribution in [-0.2, 0) is 6.54 Å². The van der Waals surface area contributed by atoms with E-state index in [1.165, 1.54) is 5.56 Å². The van der Waals surface area contributed by atoms with Crippen LogP contribution in [0.1, 0.15) is 46.8 Å². The molecular formula is C23H23ClN2O2. The number of aromatic nitrogens is 2. The summed E-state index contributed by atoms with van der Waals surface area (Å²) in [7, 11) is 1.63. The van der Waals surface area contributed by atoms with E-state index in [9.17, 15) is 4.79 Å². The number of halogens is 1. The normalized spacial score (nSPS) is 11.3. The first-order valence-electron chi connectivity index (χ1n) is 9.13. The van der Waals surface area contributed by atoms with E-state index in [0.29, 0.717) is 23.0 Å². The first-order valence-corrected chi connectivity index (χ1v) is 9.51. The van der Waals surface area contributed by atoms with Gasteiger partial charge in [-0.2, -0.15) is 5.10 Å². The molecule has 0 saturated carbocycles. The largest absolute Gasteiger partial charge is 0.496 e. The van der Waals surface area contributed by atoms with Crippen molar-refractivity contribution < 1.29 is 9.53 Å². The Balaban J connectivity index is 1.77. The van der Waals surface area contributed by atoms with Crippen molar-refractivity contribution in [2.24, 2.45) is 0 Å². The average Bonchev–Trinajstić information content (AvgIpc) is 3.11. The van der Waals surface area contributed by atoms with E-state index >= 15 is 0 Å². The molecule has 4 nitrogen and oxygen atoms in total. The van der Waals surface area contributed by atoms with E-state index in [1.54, 1.807) is 30.3 Å². The summed E-state index contributed by atoms with van der Waals surface area (Å²) >= 11 is 5.94. The van der Waals surface area contributed by atoms with E-state index in [0.717, 1.165) is 16.9 Å². The van der Waals surface area contributed by atoms with E-state index in [-0.39, 0.29) is 5.78 Å². The number of rotatable bonds is 7. The molecule has 0 aliphatic rings. The second-order valence-corrected chi connectivity index (χ2v) is 7.34. The molecule has 3 aromatic rings. The Bertz CT molecular complexity index is 988. The SMILES string of the molecule is COc1ccc(/C=C/C(=O)c2ccc(C(C)C)cc2)cc1Cn1cc(Cl)cn1. The van der Waals surface area contributed by atoms with Gasteiger partial charge in [-0.3, -0.25) is 9.48 Å². The summed E-state index contributed by atoms with van der Waals surface area (Å²) in [6.07, 6.45) is 6.77. The number of hydrogen-bond donors (Lipinski definition) is 0. The number of methoxy groups -OCH3 is 1. The quantitative estimate of drug-likeness (QED) is 0.386. The third kappa shape index (κ3) is 4.90. The fraction of sp³-hybridized carbons (Fsp3) is 0.217. The zero-order chi connectivity index (χ0) is 20.1. The molecule has 0 bridgehead atoms. The third-order valence-electron chi connectivity index (χ3n) is 4.53. The van der Waals surface area contributed by atoms with Crippen LogP contribution in [-0.4, -0.2) is 22.7 Å². The van der Waals surface area contributed by atoms with Gasteiger partial charge in [0.2, 0.25) is 0 Å². The van der Waals surface area contributed by atoms with Crippen molar-refractivity contribution in [3.63, 3.8) is 0 Å². The molecule has 0 unspecified atom stereocenters. The molecule has 0 saturated heterocycles.